The van der Waals surface area contributed by atoms with Gasteiger partial charge in [-0.1, -0.05) is 60.7 Å². The number of β-lactam (4-membered cyclic amide) rings is 1. The number of alkyl carbamates (subject to hydrolysis) is 1. The second-order valence-corrected chi connectivity index (χ2v) is 18.4. The fourth-order valence-electron chi connectivity index (χ4n) is 7.24. The first kappa shape index (κ1) is 48.0. The Morgan fingerprint density at radius 2 is 1.48 bits per heavy atom. The summed E-state index contributed by atoms with van der Waals surface area (Å²) in [5, 5.41) is 4.86. The summed E-state index contributed by atoms with van der Waals surface area (Å²) in [5.41, 5.74) is 1.85. The van der Waals surface area contributed by atoms with E-state index in [1.54, 1.807) is 93.7 Å². The Morgan fingerprint density at radius 3 is 2.09 bits per heavy atom. The summed E-state index contributed by atoms with van der Waals surface area (Å²) in [6.45, 7) is 10.6. The zero-order valence-corrected chi connectivity index (χ0v) is 39.1. The second kappa shape index (κ2) is 20.2. The number of carbonyl (C=O) groups excluding carboxylic acids is 6. The van der Waals surface area contributed by atoms with Crippen LogP contribution in [0.4, 0.5) is 21.0 Å². The molecule has 4 heterocycles. The van der Waals surface area contributed by atoms with E-state index in [4.69, 9.17) is 18.9 Å². The molecule has 15 nitrogen and oxygen atoms in total. The summed E-state index contributed by atoms with van der Waals surface area (Å²) >= 11 is 1.35. The largest absolute Gasteiger partial charge is 1.00 e. The molecule has 1 aromatic heterocycles. The average Bonchev–Trinajstić information content (AvgIpc) is 3.60. The summed E-state index contributed by atoms with van der Waals surface area (Å²) in [7, 11) is 0. The van der Waals surface area contributed by atoms with Gasteiger partial charge in [-0.25, -0.2) is 14.4 Å². The number of carbonyl (C=O) groups is 6. The third-order valence-electron chi connectivity index (χ3n) is 9.98. The number of hydrogen-bond acceptors (Lipinski definition) is 11. The van der Waals surface area contributed by atoms with Crippen molar-refractivity contribution in [3.63, 3.8) is 0 Å². The van der Waals surface area contributed by atoms with Crippen LogP contribution in [0, 0.1) is 0 Å². The molecule has 0 radical (unpaired) electrons. The number of fused-ring (bicyclic) bond motifs is 1. The Hall–Kier alpha value is -6.46. The summed E-state index contributed by atoms with van der Waals surface area (Å²) in [4.78, 5) is 83.2. The van der Waals surface area contributed by atoms with E-state index >= 15 is 0 Å². The molecule has 3 aliphatic heterocycles. The van der Waals surface area contributed by atoms with Crippen LogP contribution < -0.4 is 41.8 Å². The van der Waals surface area contributed by atoms with Gasteiger partial charge in [-0.2, -0.15) is 4.57 Å². The zero-order chi connectivity index (χ0) is 45.8. The number of hydrogen-bond donors (Lipinski definition) is 2. The van der Waals surface area contributed by atoms with Crippen molar-refractivity contribution in [2.45, 2.75) is 83.2 Å². The molecule has 65 heavy (non-hydrogen) atoms. The van der Waals surface area contributed by atoms with Gasteiger partial charge in [0.25, 0.3) is 17.7 Å². The lowest BCUT2D eigenvalue weighted by Crippen LogP contribution is -3.00. The molecule has 0 spiro atoms. The molecule has 4 amide bonds. The van der Waals surface area contributed by atoms with E-state index in [-0.39, 0.29) is 52.5 Å². The molecule has 340 valence electrons. The highest BCUT2D eigenvalue weighted by Gasteiger charge is 2.55. The van der Waals surface area contributed by atoms with Crippen molar-refractivity contribution >= 4 is 59.1 Å². The standard InChI is InChI=1S/C48H49N5O10S.BrH/c1-47(2,3)62-45(58)50-38-42(56)53-39(44(57)61-40(30-14-9-7-10-15-30)31-16-11-8-12-17-31)33(29-64-43(38)53)26-32-23-25-52(41(32)55)35-18-13-24-51(27-35)28-37(54)49-34-19-21-36(22-20-34)60-46(59)63-48(4,5)6;/h7-22,24,26-27,38,40,43H,23,25,28-29H2,1-6H3,(H-,49,50,54,58);1H. The van der Waals surface area contributed by atoms with Gasteiger partial charge < -0.3 is 51.5 Å². The van der Waals surface area contributed by atoms with Crippen LogP contribution in [0.3, 0.4) is 0 Å². The molecule has 2 fully saturated rings. The second-order valence-electron chi connectivity index (χ2n) is 17.3. The van der Waals surface area contributed by atoms with Crippen molar-refractivity contribution in [3.8, 4) is 5.75 Å². The first-order valence-electron chi connectivity index (χ1n) is 20.7. The van der Waals surface area contributed by atoms with E-state index < -0.39 is 52.8 Å². The van der Waals surface area contributed by atoms with Crippen molar-refractivity contribution < 1.29 is 69.3 Å². The Morgan fingerprint density at radius 1 is 0.846 bits per heavy atom. The number of halogens is 1. The van der Waals surface area contributed by atoms with Crippen molar-refractivity contribution in [3.05, 3.63) is 144 Å². The maximum Gasteiger partial charge on any atom is 0.514 e. The van der Waals surface area contributed by atoms with E-state index in [1.807, 2.05) is 60.7 Å². The Labute approximate surface area is 391 Å². The normalized spacial score (nSPS) is 17.7. The van der Waals surface area contributed by atoms with Crippen LogP contribution in [0.25, 0.3) is 0 Å². The van der Waals surface area contributed by atoms with Gasteiger partial charge in [-0.3, -0.25) is 19.3 Å². The fourth-order valence-corrected chi connectivity index (χ4v) is 8.54. The van der Waals surface area contributed by atoms with E-state index in [2.05, 4.69) is 10.6 Å². The molecule has 17 heteroatoms. The van der Waals surface area contributed by atoms with E-state index in [0.29, 0.717) is 35.5 Å². The molecule has 0 aliphatic carbocycles. The van der Waals surface area contributed by atoms with Gasteiger partial charge in [-0.15, -0.1) is 11.8 Å². The maximum absolute atomic E-state index is 14.5. The molecule has 4 aromatic rings. The highest BCUT2D eigenvalue weighted by atomic mass is 79.9. The lowest BCUT2D eigenvalue weighted by Gasteiger charge is -2.49. The van der Waals surface area contributed by atoms with Gasteiger partial charge in [0.05, 0.1) is 0 Å². The van der Waals surface area contributed by atoms with Crippen molar-refractivity contribution in [2.24, 2.45) is 0 Å². The molecule has 7 rings (SSSR count). The Bertz CT molecular complexity index is 2470. The quantitative estimate of drug-likeness (QED) is 0.0556. The van der Waals surface area contributed by atoms with Crippen molar-refractivity contribution in [1.29, 1.82) is 0 Å². The van der Waals surface area contributed by atoms with Gasteiger partial charge in [-0.05, 0) is 101 Å². The van der Waals surface area contributed by atoms with Crippen LogP contribution in [0.2, 0.25) is 0 Å². The van der Waals surface area contributed by atoms with Crippen LogP contribution >= 0.6 is 11.8 Å². The third kappa shape index (κ3) is 12.0. The SMILES string of the molecule is CC(C)(C)OC(=O)NC1C(=O)N2C(C(=O)OC(c3ccccc3)c3ccccc3)=C(C=C3CCN(c4ccc[n+](CC(=O)Nc5ccc(OC(=O)OC(C)(C)C)cc5)c4)C3=O)CSC12.[Br-]. The number of rotatable bonds is 11. The molecular weight excluding hydrogens is 919 g/mol. The first-order chi connectivity index (χ1) is 30.4. The predicted molar refractivity (Wildman–Crippen MR) is 238 cm³/mol. The monoisotopic (exact) mass is 967 g/mol. The smallest absolute Gasteiger partial charge is 0.514 e. The number of nitrogens with zero attached hydrogens (tertiary/aromatic N) is 3. The number of thioether (sulfide) groups is 1. The summed E-state index contributed by atoms with van der Waals surface area (Å²) in [5.74, 6) is -1.40. The lowest BCUT2D eigenvalue weighted by molar-refractivity contribution is -0.683. The molecule has 2 unspecified atom stereocenters. The Balaban J connectivity index is 0.00000700. The van der Waals surface area contributed by atoms with Crippen molar-refractivity contribution in [1.82, 2.24) is 10.2 Å². The highest BCUT2D eigenvalue weighted by molar-refractivity contribution is 8.00. The first-order valence-corrected chi connectivity index (χ1v) is 21.8. The van der Waals surface area contributed by atoms with Crippen LogP contribution in [0.1, 0.15) is 65.2 Å². The Kier molecular flexibility index (Phi) is 14.9. The number of benzene rings is 3. The van der Waals surface area contributed by atoms with Crippen LogP contribution in [-0.4, -0.2) is 75.8 Å². The molecule has 3 aliphatic rings. The number of amides is 4. The number of ether oxygens (including phenoxy) is 4. The molecule has 0 saturated carbocycles. The number of allylic oxidation sites excluding steroid dienone is 1. The van der Waals surface area contributed by atoms with E-state index in [0.717, 1.165) is 11.1 Å². The minimum atomic E-state index is -0.947. The maximum atomic E-state index is 14.5. The minimum absolute atomic E-state index is 0. The predicted octanol–water partition coefficient (Wildman–Crippen LogP) is 3.99. The summed E-state index contributed by atoms with van der Waals surface area (Å²) in [6.07, 6.45) is 3.02. The average molecular weight is 969 g/mol. The zero-order valence-electron chi connectivity index (χ0n) is 36.7. The van der Waals surface area contributed by atoms with Crippen LogP contribution in [0.5, 0.6) is 5.75 Å². The number of nitrogens with one attached hydrogen (secondary N) is 2. The molecule has 0 bridgehead atoms. The van der Waals surface area contributed by atoms with E-state index in [1.165, 1.54) is 28.8 Å². The lowest BCUT2D eigenvalue weighted by atomic mass is 10.00. The van der Waals surface area contributed by atoms with Crippen LogP contribution in [0.15, 0.2) is 132 Å². The topological polar surface area (TPSA) is 174 Å². The van der Waals surface area contributed by atoms with Crippen LogP contribution in [-0.2, 0) is 39.9 Å². The molecule has 2 atom stereocenters. The van der Waals surface area contributed by atoms with Gasteiger partial charge in [0.1, 0.15) is 39.8 Å². The number of anilines is 2. The fraction of sp³-hybridized carbons (Fsp3) is 0.312. The molecule has 3 aromatic carbocycles. The number of pyridine rings is 1. The molecule has 2 saturated heterocycles. The van der Waals surface area contributed by atoms with Gasteiger partial charge in [0.15, 0.2) is 18.5 Å². The minimum Gasteiger partial charge on any atom is -1.00 e. The van der Waals surface area contributed by atoms with Gasteiger partial charge in [0.2, 0.25) is 6.54 Å². The summed E-state index contributed by atoms with van der Waals surface area (Å²) in [6, 6.07) is 27.4. The number of esters is 1. The summed E-state index contributed by atoms with van der Waals surface area (Å²) < 4.78 is 23.7. The third-order valence-corrected chi connectivity index (χ3v) is 11.3. The number of aromatic nitrogens is 1. The molecule has 2 N–H and O–H groups in total. The van der Waals surface area contributed by atoms with Crippen molar-refractivity contribution in [2.75, 3.05) is 22.5 Å². The highest BCUT2D eigenvalue weighted by Crippen LogP contribution is 2.43. The van der Waals surface area contributed by atoms with E-state index in [9.17, 15) is 28.8 Å². The molecular formula is C48H50BrN5O10S. The van der Waals surface area contributed by atoms with Gasteiger partial charge >= 0.3 is 18.2 Å². The van der Waals surface area contributed by atoms with Gasteiger partial charge in [0, 0.05) is 29.6 Å².